The molecule has 0 atom stereocenters. The van der Waals surface area contributed by atoms with Gasteiger partial charge in [0.1, 0.15) is 6.54 Å². The Labute approximate surface area is 144 Å². The lowest BCUT2D eigenvalue weighted by Gasteiger charge is -2.23. The second-order valence-corrected chi connectivity index (χ2v) is 7.27. The molecule has 0 saturated carbocycles. The topological polar surface area (TPSA) is 84.9 Å². The number of hydrogen-bond acceptors (Lipinski definition) is 5. The number of hydrogen-bond donors (Lipinski definition) is 1. The van der Waals surface area contributed by atoms with Crippen molar-refractivity contribution in [2.45, 2.75) is 26.2 Å². The fraction of sp³-hybridized carbons (Fsp3) is 0.562. The van der Waals surface area contributed by atoms with E-state index in [-0.39, 0.29) is 12.5 Å². The summed E-state index contributed by atoms with van der Waals surface area (Å²) in [5.74, 6) is 0.539. The van der Waals surface area contributed by atoms with E-state index in [2.05, 4.69) is 12.2 Å². The molecular formula is C16H26N2O5S. The number of amides is 1. The second-order valence-electron chi connectivity index (χ2n) is 5.37. The SMILES string of the molecule is CCCCCNC(=O)CN(c1ccc(OC)c(OC)c1)S(C)(=O)=O. The first-order chi connectivity index (χ1) is 11.3. The number of sulfonamides is 1. The molecule has 24 heavy (non-hydrogen) atoms. The van der Waals surface area contributed by atoms with Gasteiger partial charge < -0.3 is 14.8 Å². The molecule has 0 aliphatic heterocycles. The average Bonchev–Trinajstić information content (AvgIpc) is 2.55. The maximum Gasteiger partial charge on any atom is 0.240 e. The Morgan fingerprint density at radius 2 is 1.83 bits per heavy atom. The third-order valence-electron chi connectivity index (χ3n) is 3.45. The van der Waals surface area contributed by atoms with E-state index in [0.29, 0.717) is 23.7 Å². The Bertz CT molecular complexity index is 646. The molecule has 1 amide bonds. The zero-order chi connectivity index (χ0) is 18.2. The number of benzene rings is 1. The first kappa shape index (κ1) is 20.1. The number of nitrogens with one attached hydrogen (secondary N) is 1. The molecule has 1 rings (SSSR count). The highest BCUT2D eigenvalue weighted by Gasteiger charge is 2.22. The van der Waals surface area contributed by atoms with Gasteiger partial charge in [0.05, 0.1) is 26.2 Å². The maximum atomic E-state index is 12.1. The van der Waals surface area contributed by atoms with Crippen molar-refractivity contribution < 1.29 is 22.7 Å². The van der Waals surface area contributed by atoms with Crippen molar-refractivity contribution in [3.8, 4) is 11.5 Å². The van der Waals surface area contributed by atoms with Crippen LogP contribution in [0.4, 0.5) is 5.69 Å². The summed E-state index contributed by atoms with van der Waals surface area (Å²) in [6, 6.07) is 4.71. The standard InChI is InChI=1S/C16H26N2O5S/c1-5-6-7-10-17-16(19)12-18(24(4,20)21)13-8-9-14(22-2)15(11-13)23-3/h8-9,11H,5-7,10,12H2,1-4H3,(H,17,19). The molecule has 0 spiro atoms. The summed E-state index contributed by atoms with van der Waals surface area (Å²) in [6.07, 6.45) is 4.01. The summed E-state index contributed by atoms with van der Waals surface area (Å²) in [6.45, 7) is 2.33. The summed E-state index contributed by atoms with van der Waals surface area (Å²) in [5.41, 5.74) is 0.346. The van der Waals surface area contributed by atoms with Gasteiger partial charge >= 0.3 is 0 Å². The fourth-order valence-electron chi connectivity index (χ4n) is 2.17. The van der Waals surface area contributed by atoms with Crippen LogP contribution in [0.2, 0.25) is 0 Å². The summed E-state index contributed by atoms with van der Waals surface area (Å²) in [5, 5.41) is 2.74. The summed E-state index contributed by atoms with van der Waals surface area (Å²) in [4.78, 5) is 12.0. The molecule has 0 aromatic heterocycles. The molecule has 7 nitrogen and oxygen atoms in total. The van der Waals surface area contributed by atoms with Crippen LogP contribution in [0, 0.1) is 0 Å². The number of rotatable bonds is 10. The van der Waals surface area contributed by atoms with E-state index < -0.39 is 10.0 Å². The zero-order valence-electron chi connectivity index (χ0n) is 14.7. The van der Waals surface area contributed by atoms with Crippen LogP contribution in [0.25, 0.3) is 0 Å². The van der Waals surface area contributed by atoms with E-state index in [1.165, 1.54) is 20.3 Å². The summed E-state index contributed by atoms with van der Waals surface area (Å²) < 4.78 is 35.5. The number of carbonyl (C=O) groups excluding carboxylic acids is 1. The predicted molar refractivity (Wildman–Crippen MR) is 94.3 cm³/mol. The number of anilines is 1. The van der Waals surface area contributed by atoms with Gasteiger partial charge in [-0.05, 0) is 18.6 Å². The fourth-order valence-corrected chi connectivity index (χ4v) is 3.02. The smallest absolute Gasteiger partial charge is 0.240 e. The Kier molecular flexibility index (Phi) is 7.84. The van der Waals surface area contributed by atoms with Gasteiger partial charge in [0.25, 0.3) is 0 Å². The summed E-state index contributed by atoms with van der Waals surface area (Å²) in [7, 11) is -0.656. The van der Waals surface area contributed by atoms with Gasteiger partial charge in [0.15, 0.2) is 11.5 Å². The number of unbranched alkanes of at least 4 members (excludes halogenated alkanes) is 2. The lowest BCUT2D eigenvalue weighted by Crippen LogP contribution is -2.40. The molecule has 0 aliphatic carbocycles. The van der Waals surface area contributed by atoms with Gasteiger partial charge in [0, 0.05) is 12.6 Å². The minimum atomic E-state index is -3.62. The van der Waals surface area contributed by atoms with E-state index in [0.717, 1.165) is 29.8 Å². The molecular weight excluding hydrogens is 332 g/mol. The quantitative estimate of drug-likeness (QED) is 0.645. The molecule has 0 fully saturated rings. The van der Waals surface area contributed by atoms with Crippen LogP contribution in [0.15, 0.2) is 18.2 Å². The van der Waals surface area contributed by atoms with Gasteiger partial charge in [-0.1, -0.05) is 19.8 Å². The Hall–Kier alpha value is -1.96. The number of methoxy groups -OCH3 is 2. The van der Waals surface area contributed by atoms with E-state index in [9.17, 15) is 13.2 Å². The van der Waals surface area contributed by atoms with Gasteiger partial charge in [-0.25, -0.2) is 8.42 Å². The highest BCUT2D eigenvalue weighted by atomic mass is 32.2. The van der Waals surface area contributed by atoms with Crippen molar-refractivity contribution in [1.29, 1.82) is 0 Å². The van der Waals surface area contributed by atoms with Crippen molar-refractivity contribution >= 4 is 21.6 Å². The molecule has 0 bridgehead atoms. The van der Waals surface area contributed by atoms with Gasteiger partial charge in [0.2, 0.25) is 15.9 Å². The molecule has 136 valence electrons. The van der Waals surface area contributed by atoms with Crippen LogP contribution in [0.5, 0.6) is 11.5 Å². The van der Waals surface area contributed by atoms with Crippen LogP contribution in [0.1, 0.15) is 26.2 Å². The van der Waals surface area contributed by atoms with Crippen molar-refractivity contribution in [2.75, 3.05) is 37.9 Å². The maximum absolute atomic E-state index is 12.1. The minimum Gasteiger partial charge on any atom is -0.493 e. The lowest BCUT2D eigenvalue weighted by molar-refractivity contribution is -0.119. The Balaban J connectivity index is 2.93. The molecule has 0 heterocycles. The van der Waals surface area contributed by atoms with E-state index >= 15 is 0 Å². The zero-order valence-corrected chi connectivity index (χ0v) is 15.5. The third-order valence-corrected chi connectivity index (χ3v) is 4.59. The first-order valence-corrected chi connectivity index (χ1v) is 9.64. The van der Waals surface area contributed by atoms with Crippen molar-refractivity contribution in [3.05, 3.63) is 18.2 Å². The van der Waals surface area contributed by atoms with Crippen LogP contribution >= 0.6 is 0 Å². The molecule has 1 aromatic carbocycles. The largest absolute Gasteiger partial charge is 0.493 e. The Morgan fingerprint density at radius 1 is 1.17 bits per heavy atom. The second kappa shape index (κ2) is 9.36. The minimum absolute atomic E-state index is 0.277. The first-order valence-electron chi connectivity index (χ1n) is 7.80. The molecule has 0 unspecified atom stereocenters. The lowest BCUT2D eigenvalue weighted by atomic mass is 10.2. The normalized spacial score (nSPS) is 11.0. The molecule has 1 aromatic rings. The molecule has 0 radical (unpaired) electrons. The van der Waals surface area contributed by atoms with Crippen molar-refractivity contribution in [3.63, 3.8) is 0 Å². The molecule has 1 N–H and O–H groups in total. The van der Waals surface area contributed by atoms with Crippen LogP contribution in [0.3, 0.4) is 0 Å². The highest BCUT2D eigenvalue weighted by Crippen LogP contribution is 2.32. The van der Waals surface area contributed by atoms with Crippen LogP contribution in [-0.4, -0.2) is 47.9 Å². The van der Waals surface area contributed by atoms with Crippen molar-refractivity contribution in [2.24, 2.45) is 0 Å². The monoisotopic (exact) mass is 358 g/mol. The van der Waals surface area contributed by atoms with Crippen LogP contribution in [-0.2, 0) is 14.8 Å². The summed E-state index contributed by atoms with van der Waals surface area (Å²) >= 11 is 0. The van der Waals surface area contributed by atoms with E-state index in [4.69, 9.17) is 9.47 Å². The predicted octanol–water partition coefficient (Wildman–Crippen LogP) is 1.78. The van der Waals surface area contributed by atoms with Crippen LogP contribution < -0.4 is 19.1 Å². The van der Waals surface area contributed by atoms with Gasteiger partial charge in [-0.3, -0.25) is 9.10 Å². The van der Waals surface area contributed by atoms with E-state index in [1.54, 1.807) is 12.1 Å². The number of nitrogens with zero attached hydrogens (tertiary/aromatic N) is 1. The van der Waals surface area contributed by atoms with Crippen molar-refractivity contribution in [1.82, 2.24) is 5.32 Å². The Morgan fingerprint density at radius 3 is 2.38 bits per heavy atom. The van der Waals surface area contributed by atoms with Gasteiger partial charge in [-0.2, -0.15) is 0 Å². The third kappa shape index (κ3) is 5.92. The molecule has 0 saturated heterocycles. The average molecular weight is 358 g/mol. The number of ether oxygens (including phenoxy) is 2. The number of carbonyl (C=O) groups is 1. The molecule has 0 aliphatic rings. The van der Waals surface area contributed by atoms with E-state index in [1.807, 2.05) is 0 Å². The highest BCUT2D eigenvalue weighted by molar-refractivity contribution is 7.92. The van der Waals surface area contributed by atoms with Gasteiger partial charge in [-0.15, -0.1) is 0 Å². The molecule has 8 heteroatoms.